The highest BCUT2D eigenvalue weighted by atomic mass is 16.4. The lowest BCUT2D eigenvalue weighted by Gasteiger charge is -2.46. The number of rotatable bonds is 4. The monoisotopic (exact) mass is 289 g/mol. The molecule has 1 aliphatic rings. The lowest BCUT2D eigenvalue weighted by molar-refractivity contribution is -0.141. The van der Waals surface area contributed by atoms with Gasteiger partial charge in [-0.2, -0.15) is 0 Å². The van der Waals surface area contributed by atoms with Crippen molar-refractivity contribution >= 4 is 5.97 Å². The van der Waals surface area contributed by atoms with Gasteiger partial charge >= 0.3 is 5.97 Å². The van der Waals surface area contributed by atoms with Crippen molar-refractivity contribution in [3.63, 3.8) is 0 Å². The summed E-state index contributed by atoms with van der Waals surface area (Å²) in [6.45, 7) is 6.48. The summed E-state index contributed by atoms with van der Waals surface area (Å²) < 4.78 is 0. The van der Waals surface area contributed by atoms with Gasteiger partial charge in [-0.05, 0) is 45.1 Å². The van der Waals surface area contributed by atoms with Crippen molar-refractivity contribution in [3.8, 4) is 0 Å². The molecular formula is C18H27NO2. The van der Waals surface area contributed by atoms with E-state index in [0.717, 1.165) is 12.8 Å². The van der Waals surface area contributed by atoms with Crippen LogP contribution in [0, 0.1) is 0 Å². The number of carboxylic acids is 1. The van der Waals surface area contributed by atoms with E-state index in [9.17, 15) is 9.90 Å². The van der Waals surface area contributed by atoms with Gasteiger partial charge < -0.3 is 5.11 Å². The molecule has 1 aromatic rings. The lowest BCUT2D eigenvalue weighted by atomic mass is 9.78. The zero-order chi connectivity index (χ0) is 15.5. The SMILES string of the molecule is CC(C)(C)N(CC(=O)O)C1CCCCC1c1ccccc1. The summed E-state index contributed by atoms with van der Waals surface area (Å²) in [7, 11) is 0. The van der Waals surface area contributed by atoms with Crippen LogP contribution in [0.5, 0.6) is 0 Å². The maximum atomic E-state index is 11.3. The standard InChI is InChI=1S/C18H27NO2/c1-18(2,3)19(13-17(20)21)16-12-8-7-11-15(16)14-9-5-4-6-10-14/h4-6,9-10,15-16H,7-8,11-13H2,1-3H3,(H,20,21). The van der Waals surface area contributed by atoms with Crippen LogP contribution in [-0.2, 0) is 4.79 Å². The van der Waals surface area contributed by atoms with E-state index in [4.69, 9.17) is 0 Å². The summed E-state index contributed by atoms with van der Waals surface area (Å²) in [5, 5.41) is 9.29. The number of hydrogen-bond donors (Lipinski definition) is 1. The number of carbonyl (C=O) groups is 1. The van der Waals surface area contributed by atoms with Crippen LogP contribution in [0.15, 0.2) is 30.3 Å². The van der Waals surface area contributed by atoms with Crippen LogP contribution in [0.4, 0.5) is 0 Å². The van der Waals surface area contributed by atoms with Gasteiger partial charge in [0.25, 0.3) is 0 Å². The zero-order valence-corrected chi connectivity index (χ0v) is 13.4. The molecule has 21 heavy (non-hydrogen) atoms. The third kappa shape index (κ3) is 4.07. The number of nitrogens with zero attached hydrogens (tertiary/aromatic N) is 1. The van der Waals surface area contributed by atoms with Crippen LogP contribution in [0.25, 0.3) is 0 Å². The Morgan fingerprint density at radius 2 is 1.81 bits per heavy atom. The lowest BCUT2D eigenvalue weighted by Crippen LogP contribution is -2.53. The molecule has 2 unspecified atom stereocenters. The molecule has 0 bridgehead atoms. The Balaban J connectivity index is 2.29. The molecule has 0 saturated heterocycles. The average Bonchev–Trinajstić information content (AvgIpc) is 2.44. The van der Waals surface area contributed by atoms with Crippen LogP contribution in [-0.4, -0.2) is 34.1 Å². The Hall–Kier alpha value is -1.35. The van der Waals surface area contributed by atoms with E-state index in [1.54, 1.807) is 0 Å². The minimum absolute atomic E-state index is 0.123. The van der Waals surface area contributed by atoms with Crippen LogP contribution in [0.2, 0.25) is 0 Å². The van der Waals surface area contributed by atoms with Gasteiger partial charge in [0.05, 0.1) is 6.54 Å². The molecule has 3 nitrogen and oxygen atoms in total. The van der Waals surface area contributed by atoms with Crippen molar-refractivity contribution in [3.05, 3.63) is 35.9 Å². The van der Waals surface area contributed by atoms with Gasteiger partial charge in [0.2, 0.25) is 0 Å². The molecule has 1 aliphatic carbocycles. The van der Waals surface area contributed by atoms with Crippen molar-refractivity contribution in [2.45, 2.75) is 64.0 Å². The molecule has 0 aromatic heterocycles. The largest absolute Gasteiger partial charge is 0.480 e. The van der Waals surface area contributed by atoms with Gasteiger partial charge in [-0.25, -0.2) is 0 Å². The van der Waals surface area contributed by atoms with Crippen molar-refractivity contribution in [1.82, 2.24) is 4.90 Å². The fraction of sp³-hybridized carbons (Fsp3) is 0.611. The fourth-order valence-electron chi connectivity index (χ4n) is 3.57. The highest BCUT2D eigenvalue weighted by molar-refractivity contribution is 5.69. The average molecular weight is 289 g/mol. The predicted molar refractivity (Wildman–Crippen MR) is 85.5 cm³/mol. The number of aliphatic carboxylic acids is 1. The van der Waals surface area contributed by atoms with E-state index in [-0.39, 0.29) is 12.1 Å². The summed E-state index contributed by atoms with van der Waals surface area (Å²) in [6, 6.07) is 10.9. The summed E-state index contributed by atoms with van der Waals surface area (Å²) in [6.07, 6.45) is 4.67. The van der Waals surface area contributed by atoms with Gasteiger partial charge in [0, 0.05) is 11.6 Å². The Kier molecular flexibility index (Phi) is 5.04. The first-order valence-electron chi connectivity index (χ1n) is 7.93. The highest BCUT2D eigenvalue weighted by Crippen LogP contribution is 2.38. The second-order valence-corrected chi connectivity index (χ2v) is 7.06. The molecule has 2 atom stereocenters. The molecule has 1 saturated carbocycles. The minimum Gasteiger partial charge on any atom is -0.480 e. The smallest absolute Gasteiger partial charge is 0.317 e. The van der Waals surface area contributed by atoms with Gasteiger partial charge in [-0.3, -0.25) is 9.69 Å². The first-order chi connectivity index (χ1) is 9.89. The van der Waals surface area contributed by atoms with E-state index in [0.29, 0.717) is 12.0 Å². The maximum absolute atomic E-state index is 11.3. The van der Waals surface area contributed by atoms with Gasteiger partial charge in [-0.15, -0.1) is 0 Å². The molecule has 0 radical (unpaired) electrons. The Labute approximate surface area is 128 Å². The second kappa shape index (κ2) is 6.61. The second-order valence-electron chi connectivity index (χ2n) is 7.06. The maximum Gasteiger partial charge on any atom is 0.317 e. The molecule has 1 N–H and O–H groups in total. The van der Waals surface area contributed by atoms with Crippen molar-refractivity contribution in [2.24, 2.45) is 0 Å². The molecule has 116 valence electrons. The predicted octanol–water partition coefficient (Wildman–Crippen LogP) is 3.90. The summed E-state index contributed by atoms with van der Waals surface area (Å²) >= 11 is 0. The Bertz CT molecular complexity index is 464. The van der Waals surface area contributed by atoms with Gasteiger partial charge in [0.15, 0.2) is 0 Å². The Morgan fingerprint density at radius 3 is 2.38 bits per heavy atom. The molecule has 0 aliphatic heterocycles. The third-order valence-electron chi connectivity index (χ3n) is 4.52. The molecule has 0 spiro atoms. The summed E-state index contributed by atoms with van der Waals surface area (Å²) in [5.41, 5.74) is 1.22. The van der Waals surface area contributed by atoms with Crippen LogP contribution < -0.4 is 0 Å². The molecule has 0 amide bonds. The van der Waals surface area contributed by atoms with Crippen molar-refractivity contribution in [2.75, 3.05) is 6.54 Å². The summed E-state index contributed by atoms with van der Waals surface area (Å²) in [5.74, 6) is -0.291. The molecule has 1 aromatic carbocycles. The first kappa shape index (κ1) is 16.0. The highest BCUT2D eigenvalue weighted by Gasteiger charge is 2.37. The zero-order valence-electron chi connectivity index (χ0n) is 13.4. The Morgan fingerprint density at radius 1 is 1.19 bits per heavy atom. The minimum atomic E-state index is -0.734. The quantitative estimate of drug-likeness (QED) is 0.914. The van der Waals surface area contributed by atoms with Crippen molar-refractivity contribution in [1.29, 1.82) is 0 Å². The van der Waals surface area contributed by atoms with E-state index < -0.39 is 5.97 Å². The third-order valence-corrected chi connectivity index (χ3v) is 4.52. The first-order valence-corrected chi connectivity index (χ1v) is 7.93. The van der Waals surface area contributed by atoms with E-state index >= 15 is 0 Å². The van der Waals surface area contributed by atoms with E-state index in [1.165, 1.54) is 18.4 Å². The van der Waals surface area contributed by atoms with E-state index in [2.05, 4.69) is 49.9 Å². The molecule has 1 fully saturated rings. The molecular weight excluding hydrogens is 262 g/mol. The topological polar surface area (TPSA) is 40.5 Å². The van der Waals surface area contributed by atoms with Crippen LogP contribution in [0.3, 0.4) is 0 Å². The number of hydrogen-bond acceptors (Lipinski definition) is 2. The number of benzene rings is 1. The van der Waals surface area contributed by atoms with Gasteiger partial charge in [-0.1, -0.05) is 43.2 Å². The van der Waals surface area contributed by atoms with Crippen LogP contribution >= 0.6 is 0 Å². The normalized spacial score (nSPS) is 23.2. The molecule has 2 rings (SSSR count). The number of carboxylic acid groups (broad SMARTS) is 1. The fourth-order valence-corrected chi connectivity index (χ4v) is 3.57. The van der Waals surface area contributed by atoms with Crippen molar-refractivity contribution < 1.29 is 9.90 Å². The molecule has 0 heterocycles. The van der Waals surface area contributed by atoms with Gasteiger partial charge in [0.1, 0.15) is 0 Å². The van der Waals surface area contributed by atoms with Crippen LogP contribution in [0.1, 0.15) is 57.9 Å². The molecule has 3 heteroatoms. The van der Waals surface area contributed by atoms with E-state index in [1.807, 2.05) is 6.07 Å². The summed E-state index contributed by atoms with van der Waals surface area (Å²) in [4.78, 5) is 13.5.